The molecule has 0 bridgehead atoms. The number of amides is 2. The minimum absolute atomic E-state index is 0.0189. The van der Waals surface area contributed by atoms with Gasteiger partial charge in [-0.2, -0.15) is 0 Å². The number of halogens is 1. The number of carbonyl (C=O) groups is 2. The van der Waals surface area contributed by atoms with Gasteiger partial charge in [-0.25, -0.2) is 0 Å². The molecule has 2 aliphatic heterocycles. The van der Waals surface area contributed by atoms with Gasteiger partial charge in [-0.3, -0.25) is 14.6 Å². The number of benzene rings is 2. The van der Waals surface area contributed by atoms with Gasteiger partial charge < -0.3 is 19.7 Å². The average Bonchev–Trinajstić information content (AvgIpc) is 3.35. The molecule has 8 heteroatoms. The van der Waals surface area contributed by atoms with Gasteiger partial charge in [0.15, 0.2) is 0 Å². The van der Waals surface area contributed by atoms with Crippen molar-refractivity contribution in [3.8, 4) is 16.9 Å². The predicted molar refractivity (Wildman–Crippen MR) is 138 cm³/mol. The molecule has 2 aromatic carbocycles. The second-order valence-corrected chi connectivity index (χ2v) is 9.14. The number of nitrogens with zero attached hydrogens (tertiary/aromatic N) is 2. The van der Waals surface area contributed by atoms with E-state index < -0.39 is 0 Å². The molecule has 2 aliphatic rings. The van der Waals surface area contributed by atoms with E-state index in [9.17, 15) is 9.59 Å². The molecule has 3 heterocycles. The minimum atomic E-state index is -0.197. The Hall–Kier alpha value is -3.68. The fraction of sp³-hybridized carbons (Fsp3) is 0.250. The summed E-state index contributed by atoms with van der Waals surface area (Å²) in [6.07, 6.45) is 7.02. The van der Waals surface area contributed by atoms with E-state index in [1.54, 1.807) is 18.5 Å². The van der Waals surface area contributed by atoms with E-state index in [0.717, 1.165) is 22.3 Å². The van der Waals surface area contributed by atoms with E-state index >= 15 is 0 Å². The number of pyridine rings is 1. The van der Waals surface area contributed by atoms with E-state index in [1.165, 1.54) is 6.08 Å². The largest absolute Gasteiger partial charge is 0.486 e. The molecule has 0 radical (unpaired) electrons. The van der Waals surface area contributed by atoms with Crippen molar-refractivity contribution in [2.75, 3.05) is 32.8 Å². The standard InChI is InChI=1S/C28H26ClN3O4/c29-25-16-22(20-4-6-21(7-5-20)28(34)32-10-12-35-13-11-32)14-23-15-24(36-27(23)25)18-31-26(33)8-3-19-2-1-9-30-17-19/h1-9,14,16-17,24H,10-13,15,18H2,(H,31,33)/b8-3+. The molecule has 1 unspecified atom stereocenters. The van der Waals surface area contributed by atoms with Crippen LogP contribution in [0.2, 0.25) is 5.02 Å². The molecule has 0 aliphatic carbocycles. The molecule has 1 aromatic heterocycles. The Morgan fingerprint density at radius 2 is 1.92 bits per heavy atom. The van der Waals surface area contributed by atoms with Crippen molar-refractivity contribution in [2.24, 2.45) is 0 Å². The van der Waals surface area contributed by atoms with Gasteiger partial charge in [0.1, 0.15) is 11.9 Å². The van der Waals surface area contributed by atoms with Crippen LogP contribution in [0.25, 0.3) is 17.2 Å². The average molecular weight is 504 g/mol. The molecular weight excluding hydrogens is 478 g/mol. The molecule has 0 saturated carbocycles. The number of fused-ring (bicyclic) bond motifs is 1. The predicted octanol–water partition coefficient (Wildman–Crippen LogP) is 4.01. The van der Waals surface area contributed by atoms with Gasteiger partial charge in [-0.05, 0) is 53.1 Å². The van der Waals surface area contributed by atoms with E-state index in [4.69, 9.17) is 21.1 Å². The molecule has 3 aromatic rings. The Morgan fingerprint density at radius 3 is 2.67 bits per heavy atom. The topological polar surface area (TPSA) is 80.8 Å². The molecule has 36 heavy (non-hydrogen) atoms. The van der Waals surface area contributed by atoms with Crippen LogP contribution in [-0.2, 0) is 16.0 Å². The van der Waals surface area contributed by atoms with Crippen LogP contribution in [0, 0.1) is 0 Å². The van der Waals surface area contributed by atoms with Crippen molar-refractivity contribution in [3.05, 3.63) is 88.7 Å². The van der Waals surface area contributed by atoms with E-state index in [-0.39, 0.29) is 17.9 Å². The van der Waals surface area contributed by atoms with Gasteiger partial charge in [0.2, 0.25) is 5.91 Å². The van der Waals surface area contributed by atoms with Crippen molar-refractivity contribution < 1.29 is 19.1 Å². The normalized spacial score (nSPS) is 17.0. The molecule has 0 spiro atoms. The summed E-state index contributed by atoms with van der Waals surface area (Å²) < 4.78 is 11.3. The molecule has 1 N–H and O–H groups in total. The minimum Gasteiger partial charge on any atom is -0.486 e. The van der Waals surface area contributed by atoms with Gasteiger partial charge in [0.05, 0.1) is 24.8 Å². The van der Waals surface area contributed by atoms with Gasteiger partial charge in [0, 0.05) is 49.1 Å². The van der Waals surface area contributed by atoms with Crippen LogP contribution in [-0.4, -0.2) is 60.7 Å². The van der Waals surface area contributed by atoms with Crippen LogP contribution in [0.5, 0.6) is 5.75 Å². The van der Waals surface area contributed by atoms with E-state index in [1.807, 2.05) is 47.4 Å². The summed E-state index contributed by atoms with van der Waals surface area (Å²) in [6.45, 7) is 2.75. The quantitative estimate of drug-likeness (QED) is 0.514. The Bertz CT molecular complexity index is 1270. The van der Waals surface area contributed by atoms with Crippen molar-refractivity contribution in [1.29, 1.82) is 0 Å². The zero-order chi connectivity index (χ0) is 24.9. The van der Waals surface area contributed by atoms with Crippen molar-refractivity contribution >= 4 is 29.5 Å². The fourth-order valence-corrected chi connectivity index (χ4v) is 4.63. The Morgan fingerprint density at radius 1 is 1.11 bits per heavy atom. The lowest BCUT2D eigenvalue weighted by Gasteiger charge is -2.26. The summed E-state index contributed by atoms with van der Waals surface area (Å²) >= 11 is 6.55. The molecule has 1 saturated heterocycles. The van der Waals surface area contributed by atoms with Crippen LogP contribution in [0.15, 0.2) is 67.0 Å². The van der Waals surface area contributed by atoms with Crippen molar-refractivity contribution in [3.63, 3.8) is 0 Å². The molecule has 1 atom stereocenters. The first kappa shape index (κ1) is 24.0. The highest BCUT2D eigenvalue weighted by molar-refractivity contribution is 6.32. The third kappa shape index (κ3) is 5.58. The second kappa shape index (κ2) is 10.9. The van der Waals surface area contributed by atoms with Gasteiger partial charge in [0.25, 0.3) is 5.91 Å². The summed E-state index contributed by atoms with van der Waals surface area (Å²) in [5.74, 6) is 0.479. The van der Waals surface area contributed by atoms with Gasteiger partial charge in [-0.1, -0.05) is 29.8 Å². The first-order valence-corrected chi connectivity index (χ1v) is 12.3. The number of carbonyl (C=O) groups excluding carboxylic acids is 2. The Labute approximate surface area is 214 Å². The van der Waals surface area contributed by atoms with Crippen molar-refractivity contribution in [2.45, 2.75) is 12.5 Å². The number of rotatable bonds is 6. The summed E-state index contributed by atoms with van der Waals surface area (Å²) in [5, 5.41) is 3.41. The summed E-state index contributed by atoms with van der Waals surface area (Å²) in [4.78, 5) is 30.7. The van der Waals surface area contributed by atoms with Crippen LogP contribution in [0.4, 0.5) is 0 Å². The SMILES string of the molecule is O=C(/C=C/c1cccnc1)NCC1Cc2cc(-c3ccc(C(=O)N4CCOCC4)cc3)cc(Cl)c2O1. The Balaban J connectivity index is 1.20. The van der Waals surface area contributed by atoms with Gasteiger partial charge in [-0.15, -0.1) is 0 Å². The molecule has 184 valence electrons. The van der Waals surface area contributed by atoms with Crippen LogP contribution in [0.1, 0.15) is 21.5 Å². The van der Waals surface area contributed by atoms with Crippen LogP contribution in [0.3, 0.4) is 0 Å². The Kier molecular flexibility index (Phi) is 7.30. The highest BCUT2D eigenvalue weighted by Gasteiger charge is 2.26. The first-order chi connectivity index (χ1) is 17.6. The molecule has 2 amide bonds. The second-order valence-electron chi connectivity index (χ2n) is 8.74. The van der Waals surface area contributed by atoms with Crippen LogP contribution < -0.4 is 10.1 Å². The number of hydrogen-bond acceptors (Lipinski definition) is 5. The lowest BCUT2D eigenvalue weighted by molar-refractivity contribution is -0.116. The third-order valence-electron chi connectivity index (χ3n) is 6.23. The first-order valence-electron chi connectivity index (χ1n) is 11.9. The highest BCUT2D eigenvalue weighted by atomic mass is 35.5. The maximum atomic E-state index is 12.7. The third-order valence-corrected chi connectivity index (χ3v) is 6.51. The molecule has 7 nitrogen and oxygen atoms in total. The van der Waals surface area contributed by atoms with E-state index in [2.05, 4.69) is 16.4 Å². The number of nitrogens with one attached hydrogen (secondary N) is 1. The number of hydrogen-bond donors (Lipinski definition) is 1. The fourth-order valence-electron chi connectivity index (χ4n) is 4.34. The van der Waals surface area contributed by atoms with Gasteiger partial charge >= 0.3 is 0 Å². The maximum Gasteiger partial charge on any atom is 0.254 e. The smallest absolute Gasteiger partial charge is 0.254 e. The van der Waals surface area contributed by atoms with Crippen LogP contribution >= 0.6 is 11.6 Å². The molecular formula is C28H26ClN3O4. The summed E-state index contributed by atoms with van der Waals surface area (Å²) in [5.41, 5.74) is 4.43. The molecule has 1 fully saturated rings. The summed E-state index contributed by atoms with van der Waals surface area (Å²) in [6, 6.07) is 15.2. The zero-order valence-corrected chi connectivity index (χ0v) is 20.4. The highest BCUT2D eigenvalue weighted by Crippen LogP contribution is 2.39. The zero-order valence-electron chi connectivity index (χ0n) is 19.7. The van der Waals surface area contributed by atoms with Crippen molar-refractivity contribution in [1.82, 2.24) is 15.2 Å². The number of morpholine rings is 1. The summed E-state index contributed by atoms with van der Waals surface area (Å²) in [7, 11) is 0. The number of ether oxygens (including phenoxy) is 2. The monoisotopic (exact) mass is 503 g/mol. The lowest BCUT2D eigenvalue weighted by Crippen LogP contribution is -2.40. The number of aromatic nitrogens is 1. The molecule has 5 rings (SSSR count). The van der Waals surface area contributed by atoms with E-state index in [0.29, 0.717) is 55.6 Å². The maximum absolute atomic E-state index is 12.7. The lowest BCUT2D eigenvalue weighted by atomic mass is 9.99.